The van der Waals surface area contributed by atoms with Crippen LogP contribution in [0.25, 0.3) is 0 Å². The van der Waals surface area contributed by atoms with Crippen molar-refractivity contribution in [2.75, 3.05) is 14.2 Å². The second-order valence-electron chi connectivity index (χ2n) is 6.07. The zero-order valence-corrected chi connectivity index (χ0v) is 13.1. The van der Waals surface area contributed by atoms with Gasteiger partial charge in [-0.05, 0) is 48.8 Å². The van der Waals surface area contributed by atoms with Gasteiger partial charge in [0.1, 0.15) is 0 Å². The van der Waals surface area contributed by atoms with E-state index in [-0.39, 0.29) is 0 Å². The average molecular weight is 277 g/mol. The smallest absolute Gasteiger partial charge is 0.161 e. The molecule has 112 valence electrons. The number of hydrogen-bond donors (Lipinski definition) is 1. The second kappa shape index (κ2) is 6.98. The summed E-state index contributed by atoms with van der Waals surface area (Å²) in [4.78, 5) is 0. The molecule has 1 N–H and O–H groups in total. The van der Waals surface area contributed by atoms with Gasteiger partial charge in [0, 0.05) is 12.6 Å². The van der Waals surface area contributed by atoms with Crippen LogP contribution in [-0.2, 0) is 6.54 Å². The summed E-state index contributed by atoms with van der Waals surface area (Å²) in [5.74, 6) is 3.23. The summed E-state index contributed by atoms with van der Waals surface area (Å²) in [6.45, 7) is 5.62. The van der Waals surface area contributed by atoms with Gasteiger partial charge in [-0.2, -0.15) is 0 Å². The minimum atomic E-state index is 0.638. The maximum absolute atomic E-state index is 5.35. The molecule has 1 saturated carbocycles. The Kier molecular flexibility index (Phi) is 5.30. The van der Waals surface area contributed by atoms with Crippen LogP contribution in [0.3, 0.4) is 0 Å². The van der Waals surface area contributed by atoms with Crippen molar-refractivity contribution in [3.63, 3.8) is 0 Å². The summed E-state index contributed by atoms with van der Waals surface area (Å²) >= 11 is 0. The van der Waals surface area contributed by atoms with Crippen molar-refractivity contribution in [2.24, 2.45) is 11.8 Å². The molecule has 0 spiro atoms. The van der Waals surface area contributed by atoms with Crippen LogP contribution in [0.15, 0.2) is 18.2 Å². The lowest BCUT2D eigenvalue weighted by Gasteiger charge is -2.33. The van der Waals surface area contributed by atoms with Crippen molar-refractivity contribution < 1.29 is 9.47 Å². The van der Waals surface area contributed by atoms with Crippen LogP contribution in [0, 0.1) is 11.8 Å². The molecule has 0 amide bonds. The van der Waals surface area contributed by atoms with E-state index in [0.717, 1.165) is 29.9 Å². The predicted octanol–water partition coefficient (Wildman–Crippen LogP) is 3.62. The topological polar surface area (TPSA) is 30.5 Å². The first-order valence-electron chi connectivity index (χ1n) is 7.58. The van der Waals surface area contributed by atoms with E-state index in [4.69, 9.17) is 9.47 Å². The molecular weight excluding hydrogens is 250 g/mol. The third-order valence-electron chi connectivity index (χ3n) is 4.45. The standard InChI is InChI=1S/C17H27NO2/c1-12-5-7-15(13(2)9-12)18-11-14-6-8-16(19-3)17(10-14)20-4/h6,8,10,12-13,15,18H,5,7,9,11H2,1-4H3. The van der Waals surface area contributed by atoms with Crippen LogP contribution in [-0.4, -0.2) is 20.3 Å². The van der Waals surface area contributed by atoms with E-state index in [0.29, 0.717) is 6.04 Å². The fourth-order valence-electron chi connectivity index (χ4n) is 3.21. The number of benzene rings is 1. The summed E-state index contributed by atoms with van der Waals surface area (Å²) in [6.07, 6.45) is 3.97. The Balaban J connectivity index is 1.93. The SMILES string of the molecule is COc1ccc(CNC2CCC(C)CC2C)cc1OC. The van der Waals surface area contributed by atoms with Crippen LogP contribution in [0.1, 0.15) is 38.7 Å². The fourth-order valence-corrected chi connectivity index (χ4v) is 3.21. The molecule has 1 aliphatic rings. The van der Waals surface area contributed by atoms with Crippen LogP contribution >= 0.6 is 0 Å². The van der Waals surface area contributed by atoms with E-state index in [9.17, 15) is 0 Å². The van der Waals surface area contributed by atoms with Gasteiger partial charge in [-0.3, -0.25) is 0 Å². The maximum Gasteiger partial charge on any atom is 0.161 e. The molecule has 0 bridgehead atoms. The summed E-state index contributed by atoms with van der Waals surface area (Å²) in [5.41, 5.74) is 1.24. The van der Waals surface area contributed by atoms with E-state index in [1.807, 2.05) is 6.07 Å². The van der Waals surface area contributed by atoms with Gasteiger partial charge in [0.15, 0.2) is 11.5 Å². The Morgan fingerprint density at radius 1 is 1.10 bits per heavy atom. The first kappa shape index (κ1) is 15.2. The minimum absolute atomic E-state index is 0.638. The van der Waals surface area contributed by atoms with Crippen molar-refractivity contribution in [1.82, 2.24) is 5.32 Å². The molecule has 3 atom stereocenters. The molecule has 0 heterocycles. The first-order valence-corrected chi connectivity index (χ1v) is 7.58. The minimum Gasteiger partial charge on any atom is -0.493 e. The highest BCUT2D eigenvalue weighted by Gasteiger charge is 2.24. The molecule has 0 radical (unpaired) electrons. The molecule has 3 nitrogen and oxygen atoms in total. The Morgan fingerprint density at radius 2 is 1.85 bits per heavy atom. The highest BCUT2D eigenvalue weighted by molar-refractivity contribution is 5.42. The van der Waals surface area contributed by atoms with Crippen LogP contribution in [0.2, 0.25) is 0 Å². The highest BCUT2D eigenvalue weighted by Crippen LogP contribution is 2.30. The van der Waals surface area contributed by atoms with Crippen LogP contribution in [0.4, 0.5) is 0 Å². The highest BCUT2D eigenvalue weighted by atomic mass is 16.5. The third-order valence-corrected chi connectivity index (χ3v) is 4.45. The van der Waals surface area contributed by atoms with E-state index < -0.39 is 0 Å². The fraction of sp³-hybridized carbons (Fsp3) is 0.647. The molecule has 0 saturated heterocycles. The average Bonchev–Trinajstić information content (AvgIpc) is 2.46. The van der Waals surface area contributed by atoms with E-state index in [1.54, 1.807) is 14.2 Å². The van der Waals surface area contributed by atoms with Gasteiger partial charge in [-0.25, -0.2) is 0 Å². The molecule has 1 aromatic carbocycles. The van der Waals surface area contributed by atoms with Gasteiger partial charge >= 0.3 is 0 Å². The maximum atomic E-state index is 5.35. The second-order valence-corrected chi connectivity index (χ2v) is 6.07. The van der Waals surface area contributed by atoms with Gasteiger partial charge in [0.05, 0.1) is 14.2 Å². The van der Waals surface area contributed by atoms with Crippen molar-refractivity contribution in [3.8, 4) is 11.5 Å². The van der Waals surface area contributed by atoms with Gasteiger partial charge in [-0.1, -0.05) is 19.9 Å². The number of hydrogen-bond acceptors (Lipinski definition) is 3. The van der Waals surface area contributed by atoms with E-state index in [1.165, 1.54) is 24.8 Å². The summed E-state index contributed by atoms with van der Waals surface area (Å²) in [7, 11) is 3.35. The molecule has 20 heavy (non-hydrogen) atoms. The Hall–Kier alpha value is -1.22. The van der Waals surface area contributed by atoms with Gasteiger partial charge in [0.25, 0.3) is 0 Å². The lowest BCUT2D eigenvalue weighted by molar-refractivity contribution is 0.227. The first-order chi connectivity index (χ1) is 9.63. The molecule has 0 aromatic heterocycles. The quantitative estimate of drug-likeness (QED) is 0.891. The molecule has 3 heteroatoms. The van der Waals surface area contributed by atoms with E-state index >= 15 is 0 Å². The lowest BCUT2D eigenvalue weighted by Crippen LogP contribution is -2.38. The van der Waals surface area contributed by atoms with E-state index in [2.05, 4.69) is 31.3 Å². The normalized spacial score (nSPS) is 26.3. The largest absolute Gasteiger partial charge is 0.493 e. The number of rotatable bonds is 5. The van der Waals surface area contributed by atoms with Crippen molar-refractivity contribution >= 4 is 0 Å². The Bertz CT molecular complexity index is 433. The molecule has 1 aromatic rings. The van der Waals surface area contributed by atoms with Gasteiger partial charge < -0.3 is 14.8 Å². The monoisotopic (exact) mass is 277 g/mol. The summed E-state index contributed by atoms with van der Waals surface area (Å²) < 4.78 is 10.6. The molecule has 1 aliphatic carbocycles. The predicted molar refractivity (Wildman–Crippen MR) is 82.4 cm³/mol. The number of ether oxygens (including phenoxy) is 2. The lowest BCUT2D eigenvalue weighted by atomic mass is 9.80. The third kappa shape index (κ3) is 3.66. The van der Waals surface area contributed by atoms with Gasteiger partial charge in [0.2, 0.25) is 0 Å². The molecule has 2 rings (SSSR count). The molecule has 3 unspecified atom stereocenters. The molecule has 0 aliphatic heterocycles. The molecular formula is C17H27NO2. The molecule has 1 fully saturated rings. The Morgan fingerprint density at radius 3 is 2.50 bits per heavy atom. The Labute approximate surface area is 122 Å². The van der Waals surface area contributed by atoms with Crippen LogP contribution in [0.5, 0.6) is 11.5 Å². The van der Waals surface area contributed by atoms with Crippen molar-refractivity contribution in [1.29, 1.82) is 0 Å². The van der Waals surface area contributed by atoms with Gasteiger partial charge in [-0.15, -0.1) is 0 Å². The van der Waals surface area contributed by atoms with Crippen molar-refractivity contribution in [3.05, 3.63) is 23.8 Å². The number of methoxy groups -OCH3 is 2. The summed E-state index contributed by atoms with van der Waals surface area (Å²) in [5, 5.41) is 3.70. The van der Waals surface area contributed by atoms with Crippen molar-refractivity contribution in [2.45, 2.75) is 45.7 Å². The zero-order chi connectivity index (χ0) is 14.5. The summed E-state index contributed by atoms with van der Waals surface area (Å²) in [6, 6.07) is 6.77. The van der Waals surface area contributed by atoms with Crippen LogP contribution < -0.4 is 14.8 Å². The number of nitrogens with one attached hydrogen (secondary N) is 1. The zero-order valence-electron chi connectivity index (χ0n) is 13.1.